The predicted molar refractivity (Wildman–Crippen MR) is 97.6 cm³/mol. The van der Waals surface area contributed by atoms with E-state index in [4.69, 9.17) is 33.0 Å². The van der Waals surface area contributed by atoms with Crippen molar-refractivity contribution in [3.05, 3.63) is 52.0 Å². The Hall–Kier alpha value is -1.91. The Balaban J connectivity index is 2.11. The first-order valence-corrected chi connectivity index (χ1v) is 8.32. The van der Waals surface area contributed by atoms with Crippen LogP contribution in [0.4, 0.5) is 5.69 Å². The Bertz CT molecular complexity index is 692. The largest absolute Gasteiger partial charge is 0.481 e. The third-order valence-corrected chi connectivity index (χ3v) is 3.76. The van der Waals surface area contributed by atoms with Gasteiger partial charge in [-0.05, 0) is 47.9 Å². The molecule has 0 aliphatic rings. The van der Waals surface area contributed by atoms with Crippen LogP contribution in [0.5, 0.6) is 11.5 Å². The zero-order valence-corrected chi connectivity index (χ0v) is 15.0. The fourth-order valence-corrected chi connectivity index (χ4v) is 2.68. The number of aliphatic carboxylic acids is 1. The van der Waals surface area contributed by atoms with Crippen molar-refractivity contribution in [3.8, 4) is 11.5 Å². The molecule has 0 fully saturated rings. The number of hydrogen-bond donors (Lipinski definition) is 2. The van der Waals surface area contributed by atoms with Crippen LogP contribution in [0.25, 0.3) is 0 Å². The molecular weight excluding hydrogens is 349 g/mol. The van der Waals surface area contributed by atoms with Gasteiger partial charge in [0, 0.05) is 12.2 Å². The number of carboxylic acids is 1. The molecule has 0 radical (unpaired) electrons. The van der Waals surface area contributed by atoms with Gasteiger partial charge in [-0.3, -0.25) is 4.79 Å². The van der Waals surface area contributed by atoms with Gasteiger partial charge in [0.25, 0.3) is 0 Å². The van der Waals surface area contributed by atoms with Crippen molar-refractivity contribution in [2.75, 3.05) is 11.9 Å². The number of carboxylic acid groups (broad SMARTS) is 1. The average molecular weight is 368 g/mol. The first-order valence-electron chi connectivity index (χ1n) is 7.56. The lowest BCUT2D eigenvalue weighted by Gasteiger charge is -2.12. The van der Waals surface area contributed by atoms with Crippen LogP contribution in [0.15, 0.2) is 36.4 Å². The van der Waals surface area contributed by atoms with E-state index in [1.54, 1.807) is 12.1 Å². The highest BCUT2D eigenvalue weighted by molar-refractivity contribution is 6.37. The molecule has 0 amide bonds. The zero-order valence-electron chi connectivity index (χ0n) is 13.5. The maximum Gasteiger partial charge on any atom is 0.307 e. The fraction of sp³-hybridized carbons (Fsp3) is 0.278. The van der Waals surface area contributed by atoms with Gasteiger partial charge in [-0.1, -0.05) is 37.0 Å². The van der Waals surface area contributed by atoms with Gasteiger partial charge in [0.2, 0.25) is 0 Å². The Kier molecular flexibility index (Phi) is 6.35. The van der Waals surface area contributed by atoms with Crippen LogP contribution in [0.1, 0.15) is 19.4 Å². The highest BCUT2D eigenvalue weighted by atomic mass is 35.5. The Morgan fingerprint density at radius 1 is 1.17 bits per heavy atom. The van der Waals surface area contributed by atoms with Crippen molar-refractivity contribution in [1.82, 2.24) is 0 Å². The summed E-state index contributed by atoms with van der Waals surface area (Å²) >= 11 is 12.3. The maximum atomic E-state index is 10.8. The van der Waals surface area contributed by atoms with E-state index in [0.29, 0.717) is 23.0 Å². The molecule has 0 saturated heterocycles. The maximum absolute atomic E-state index is 10.8. The summed E-state index contributed by atoms with van der Waals surface area (Å²) in [7, 11) is 0. The van der Waals surface area contributed by atoms with E-state index < -0.39 is 5.97 Å². The van der Waals surface area contributed by atoms with Crippen LogP contribution >= 0.6 is 23.2 Å². The number of halogens is 2. The zero-order chi connectivity index (χ0) is 17.7. The summed E-state index contributed by atoms with van der Waals surface area (Å²) in [5.74, 6) is 0.526. The minimum Gasteiger partial charge on any atom is -0.481 e. The summed E-state index contributed by atoms with van der Waals surface area (Å²) in [5.41, 5.74) is 1.53. The molecule has 2 aromatic rings. The van der Waals surface area contributed by atoms with E-state index in [1.807, 2.05) is 24.3 Å². The van der Waals surface area contributed by atoms with Crippen LogP contribution in [-0.2, 0) is 11.2 Å². The topological polar surface area (TPSA) is 58.6 Å². The van der Waals surface area contributed by atoms with Crippen molar-refractivity contribution >= 4 is 34.9 Å². The third-order valence-electron chi connectivity index (χ3n) is 3.20. The molecule has 0 saturated carbocycles. The number of anilines is 1. The number of carbonyl (C=O) groups is 1. The minimum absolute atomic E-state index is 0.143. The number of ether oxygens (including phenoxy) is 1. The standard InChI is InChI=1S/C18H19Cl2NO3/c1-11(2)10-21-13-3-5-14(6-4-13)24-18-15(19)7-12(8-16(18)20)9-17(22)23/h3-8,11,21H,9-10H2,1-2H3,(H,22,23). The van der Waals surface area contributed by atoms with Crippen molar-refractivity contribution in [1.29, 1.82) is 0 Å². The quantitative estimate of drug-likeness (QED) is 0.679. The second-order valence-corrected chi connectivity index (χ2v) is 6.67. The molecule has 0 aliphatic heterocycles. The van der Waals surface area contributed by atoms with Crippen molar-refractivity contribution in [2.45, 2.75) is 20.3 Å². The lowest BCUT2D eigenvalue weighted by atomic mass is 10.1. The lowest BCUT2D eigenvalue weighted by molar-refractivity contribution is -0.136. The molecule has 0 unspecified atom stereocenters. The molecule has 6 heteroatoms. The van der Waals surface area contributed by atoms with E-state index in [1.165, 1.54) is 0 Å². The van der Waals surface area contributed by atoms with Crippen molar-refractivity contribution in [3.63, 3.8) is 0 Å². The van der Waals surface area contributed by atoms with Gasteiger partial charge < -0.3 is 15.2 Å². The number of benzene rings is 2. The fourth-order valence-electron chi connectivity index (χ4n) is 2.07. The number of rotatable bonds is 7. The molecule has 24 heavy (non-hydrogen) atoms. The van der Waals surface area contributed by atoms with E-state index in [0.717, 1.165) is 12.2 Å². The normalized spacial score (nSPS) is 10.7. The predicted octanol–water partition coefficient (Wildman–Crippen LogP) is 5.48. The average Bonchev–Trinajstić information content (AvgIpc) is 2.49. The lowest BCUT2D eigenvalue weighted by Crippen LogP contribution is -2.07. The molecule has 0 atom stereocenters. The monoisotopic (exact) mass is 367 g/mol. The molecule has 0 heterocycles. The summed E-state index contributed by atoms with van der Waals surface area (Å²) in [5, 5.41) is 12.7. The van der Waals surface area contributed by atoms with E-state index in [9.17, 15) is 4.79 Å². The van der Waals surface area contributed by atoms with Gasteiger partial charge in [-0.15, -0.1) is 0 Å². The molecule has 2 rings (SSSR count). The van der Waals surface area contributed by atoms with E-state index >= 15 is 0 Å². The SMILES string of the molecule is CC(C)CNc1ccc(Oc2c(Cl)cc(CC(=O)O)cc2Cl)cc1. The van der Waals surface area contributed by atoms with Gasteiger partial charge in [0.15, 0.2) is 5.75 Å². The summed E-state index contributed by atoms with van der Waals surface area (Å²) in [4.78, 5) is 10.8. The molecule has 2 N–H and O–H groups in total. The van der Waals surface area contributed by atoms with Crippen molar-refractivity contribution in [2.24, 2.45) is 5.92 Å². The Morgan fingerprint density at radius 3 is 2.25 bits per heavy atom. The minimum atomic E-state index is -0.944. The van der Waals surface area contributed by atoms with Crippen molar-refractivity contribution < 1.29 is 14.6 Å². The van der Waals surface area contributed by atoms with Crippen LogP contribution in [0.3, 0.4) is 0 Å². The number of nitrogens with one attached hydrogen (secondary N) is 1. The smallest absolute Gasteiger partial charge is 0.307 e. The Labute approximate surface area is 151 Å². The molecular formula is C18H19Cl2NO3. The van der Waals surface area contributed by atoms with Gasteiger partial charge in [0.1, 0.15) is 5.75 Å². The summed E-state index contributed by atoms with van der Waals surface area (Å²) in [6.45, 7) is 5.17. The van der Waals surface area contributed by atoms with Crippen LogP contribution in [0.2, 0.25) is 10.0 Å². The molecule has 2 aromatic carbocycles. The van der Waals surface area contributed by atoms with E-state index in [-0.39, 0.29) is 16.5 Å². The first-order chi connectivity index (χ1) is 11.3. The highest BCUT2D eigenvalue weighted by Crippen LogP contribution is 2.37. The van der Waals surface area contributed by atoms with Gasteiger partial charge in [-0.2, -0.15) is 0 Å². The molecule has 0 aliphatic carbocycles. The first kappa shape index (κ1) is 18.4. The summed E-state index contributed by atoms with van der Waals surface area (Å²) < 4.78 is 5.74. The Morgan fingerprint density at radius 2 is 1.75 bits per heavy atom. The van der Waals surface area contributed by atoms with Crippen LogP contribution in [-0.4, -0.2) is 17.6 Å². The molecule has 4 nitrogen and oxygen atoms in total. The van der Waals surface area contributed by atoms with Crippen LogP contribution < -0.4 is 10.1 Å². The van der Waals surface area contributed by atoms with Crippen LogP contribution in [0, 0.1) is 5.92 Å². The van der Waals surface area contributed by atoms with Gasteiger partial charge >= 0.3 is 5.97 Å². The highest BCUT2D eigenvalue weighted by Gasteiger charge is 2.12. The van der Waals surface area contributed by atoms with E-state index in [2.05, 4.69) is 19.2 Å². The number of hydrogen-bond acceptors (Lipinski definition) is 3. The molecule has 0 bridgehead atoms. The molecule has 128 valence electrons. The third kappa shape index (κ3) is 5.32. The summed E-state index contributed by atoms with van der Waals surface area (Å²) in [6.07, 6.45) is -0.143. The molecule has 0 aromatic heterocycles. The second kappa shape index (κ2) is 8.27. The van der Waals surface area contributed by atoms with Gasteiger partial charge in [-0.25, -0.2) is 0 Å². The van der Waals surface area contributed by atoms with Gasteiger partial charge in [0.05, 0.1) is 16.5 Å². The molecule has 0 spiro atoms. The summed E-state index contributed by atoms with van der Waals surface area (Å²) in [6, 6.07) is 10.6. The second-order valence-electron chi connectivity index (χ2n) is 5.86.